The molecule has 82 valence electrons. The molecule has 3 N–H and O–H groups in total. The van der Waals surface area contributed by atoms with Gasteiger partial charge in [-0.2, -0.15) is 0 Å². The molecule has 1 amide bonds. The molecule has 0 saturated carbocycles. The van der Waals surface area contributed by atoms with Gasteiger partial charge in [-0.25, -0.2) is 0 Å². The molecule has 0 atom stereocenters. The van der Waals surface area contributed by atoms with E-state index in [1.807, 2.05) is 13.8 Å². The van der Waals surface area contributed by atoms with Crippen LogP contribution in [0.2, 0.25) is 0 Å². The summed E-state index contributed by atoms with van der Waals surface area (Å²) in [5.74, 6) is 0.470. The van der Waals surface area contributed by atoms with Crippen LogP contribution < -0.4 is 11.1 Å². The number of rotatable bonds is 4. The topological polar surface area (TPSA) is 68.3 Å². The zero-order chi connectivity index (χ0) is 11.3. The van der Waals surface area contributed by atoms with Crippen LogP contribution in [0.15, 0.2) is 28.9 Å². The lowest BCUT2D eigenvalue weighted by Gasteiger charge is -2.23. The molecule has 0 fully saturated rings. The number of hydrogen-bond acceptors (Lipinski definition) is 3. The van der Waals surface area contributed by atoms with Crippen LogP contribution in [0.25, 0.3) is 6.08 Å². The molecule has 0 aromatic carbocycles. The van der Waals surface area contributed by atoms with Crippen LogP contribution >= 0.6 is 0 Å². The molecule has 1 rings (SSSR count). The van der Waals surface area contributed by atoms with Gasteiger partial charge in [-0.3, -0.25) is 4.79 Å². The molecule has 1 aromatic heterocycles. The van der Waals surface area contributed by atoms with E-state index in [0.29, 0.717) is 12.3 Å². The van der Waals surface area contributed by atoms with Gasteiger partial charge in [0.1, 0.15) is 5.76 Å². The first-order chi connectivity index (χ1) is 7.03. The fourth-order valence-corrected chi connectivity index (χ4v) is 0.970. The highest BCUT2D eigenvalue weighted by atomic mass is 16.3. The Morgan fingerprint density at radius 3 is 2.93 bits per heavy atom. The van der Waals surface area contributed by atoms with Crippen LogP contribution in [0, 0.1) is 0 Å². The molecule has 4 nitrogen and oxygen atoms in total. The Morgan fingerprint density at radius 1 is 1.67 bits per heavy atom. The fraction of sp³-hybridized carbons (Fsp3) is 0.364. The van der Waals surface area contributed by atoms with Crippen molar-refractivity contribution in [3.63, 3.8) is 0 Å². The van der Waals surface area contributed by atoms with Gasteiger partial charge in [0.05, 0.1) is 6.26 Å². The Bertz CT molecular complexity index is 339. The monoisotopic (exact) mass is 208 g/mol. The van der Waals surface area contributed by atoms with Gasteiger partial charge in [0, 0.05) is 18.2 Å². The van der Waals surface area contributed by atoms with E-state index >= 15 is 0 Å². The number of amides is 1. The number of hydrogen-bond donors (Lipinski definition) is 2. The highest BCUT2D eigenvalue weighted by Gasteiger charge is 2.16. The van der Waals surface area contributed by atoms with Crippen molar-refractivity contribution in [1.82, 2.24) is 5.32 Å². The van der Waals surface area contributed by atoms with Crippen LogP contribution in [0.1, 0.15) is 19.6 Å². The molecule has 0 aliphatic heterocycles. The van der Waals surface area contributed by atoms with Crippen molar-refractivity contribution >= 4 is 12.0 Å². The Hall–Kier alpha value is -1.55. The first-order valence-corrected chi connectivity index (χ1v) is 4.77. The largest absolute Gasteiger partial charge is 0.465 e. The van der Waals surface area contributed by atoms with E-state index in [4.69, 9.17) is 10.2 Å². The molecule has 0 unspecified atom stereocenters. The number of furan rings is 1. The molecule has 0 spiro atoms. The second kappa shape index (κ2) is 4.79. The lowest BCUT2D eigenvalue weighted by atomic mass is 10.1. The minimum atomic E-state index is -0.384. The highest BCUT2D eigenvalue weighted by Crippen LogP contribution is 2.03. The van der Waals surface area contributed by atoms with Crippen LogP contribution in [0.4, 0.5) is 0 Å². The summed E-state index contributed by atoms with van der Waals surface area (Å²) in [6.07, 6.45) is 4.60. The van der Waals surface area contributed by atoms with Gasteiger partial charge in [-0.15, -0.1) is 0 Å². The molecule has 0 saturated heterocycles. The van der Waals surface area contributed by atoms with E-state index in [0.717, 1.165) is 0 Å². The maximum absolute atomic E-state index is 11.4. The van der Waals surface area contributed by atoms with E-state index in [-0.39, 0.29) is 11.4 Å². The summed E-state index contributed by atoms with van der Waals surface area (Å²) in [5, 5.41) is 2.78. The molecule has 0 aliphatic carbocycles. The summed E-state index contributed by atoms with van der Waals surface area (Å²) in [4.78, 5) is 11.4. The third-order valence-electron chi connectivity index (χ3n) is 1.91. The molecule has 4 heteroatoms. The van der Waals surface area contributed by atoms with Gasteiger partial charge in [0.25, 0.3) is 0 Å². The normalized spacial score (nSPS) is 11.9. The van der Waals surface area contributed by atoms with Crippen molar-refractivity contribution in [3.05, 3.63) is 30.2 Å². The second-order valence-corrected chi connectivity index (χ2v) is 3.93. The van der Waals surface area contributed by atoms with Crippen LogP contribution in [0.3, 0.4) is 0 Å². The maximum atomic E-state index is 11.4. The SMILES string of the molecule is CC(C)(CN)NC(=O)/C=C/c1ccco1. The maximum Gasteiger partial charge on any atom is 0.244 e. The smallest absolute Gasteiger partial charge is 0.244 e. The summed E-state index contributed by atoms with van der Waals surface area (Å²) < 4.78 is 5.05. The predicted molar refractivity (Wildman–Crippen MR) is 59.0 cm³/mol. The van der Waals surface area contributed by atoms with E-state index < -0.39 is 0 Å². The zero-order valence-electron chi connectivity index (χ0n) is 8.99. The Labute approximate surface area is 89.1 Å². The number of nitrogens with one attached hydrogen (secondary N) is 1. The standard InChI is InChI=1S/C11H16N2O2/c1-11(2,8-12)13-10(14)6-5-9-4-3-7-15-9/h3-7H,8,12H2,1-2H3,(H,13,14)/b6-5+. The Morgan fingerprint density at radius 2 is 2.40 bits per heavy atom. The van der Waals surface area contributed by atoms with Gasteiger partial charge in [-0.1, -0.05) is 0 Å². The van der Waals surface area contributed by atoms with Crippen molar-refractivity contribution < 1.29 is 9.21 Å². The summed E-state index contributed by atoms with van der Waals surface area (Å²) in [7, 11) is 0. The molecule has 0 aliphatic rings. The minimum Gasteiger partial charge on any atom is -0.465 e. The van der Waals surface area contributed by atoms with Gasteiger partial charge < -0.3 is 15.5 Å². The first kappa shape index (κ1) is 11.5. The van der Waals surface area contributed by atoms with Crippen molar-refractivity contribution in [2.75, 3.05) is 6.54 Å². The molecule has 15 heavy (non-hydrogen) atoms. The molecule has 0 radical (unpaired) electrons. The average molecular weight is 208 g/mol. The molecular weight excluding hydrogens is 192 g/mol. The van der Waals surface area contributed by atoms with Crippen LogP contribution in [-0.4, -0.2) is 18.0 Å². The fourth-order valence-electron chi connectivity index (χ4n) is 0.970. The van der Waals surface area contributed by atoms with Crippen molar-refractivity contribution in [2.24, 2.45) is 5.73 Å². The van der Waals surface area contributed by atoms with Gasteiger partial charge >= 0.3 is 0 Å². The number of carbonyl (C=O) groups is 1. The van der Waals surface area contributed by atoms with Crippen molar-refractivity contribution in [1.29, 1.82) is 0 Å². The van der Waals surface area contributed by atoms with Gasteiger partial charge in [0.15, 0.2) is 0 Å². The van der Waals surface area contributed by atoms with E-state index in [1.54, 1.807) is 24.5 Å². The average Bonchev–Trinajstić information content (AvgIpc) is 2.66. The third-order valence-corrected chi connectivity index (χ3v) is 1.91. The summed E-state index contributed by atoms with van der Waals surface area (Å²) >= 11 is 0. The van der Waals surface area contributed by atoms with Crippen molar-refractivity contribution in [2.45, 2.75) is 19.4 Å². The molecule has 0 bridgehead atoms. The van der Waals surface area contributed by atoms with E-state index in [9.17, 15) is 4.79 Å². The molecule has 1 heterocycles. The first-order valence-electron chi connectivity index (χ1n) is 4.77. The number of carbonyl (C=O) groups excluding carboxylic acids is 1. The lowest BCUT2D eigenvalue weighted by molar-refractivity contribution is -0.117. The molecular formula is C11H16N2O2. The van der Waals surface area contributed by atoms with Crippen LogP contribution in [-0.2, 0) is 4.79 Å². The predicted octanol–water partition coefficient (Wildman–Crippen LogP) is 1.15. The zero-order valence-corrected chi connectivity index (χ0v) is 8.99. The van der Waals surface area contributed by atoms with E-state index in [1.165, 1.54) is 6.08 Å². The van der Waals surface area contributed by atoms with Gasteiger partial charge in [-0.05, 0) is 32.1 Å². The number of nitrogens with two attached hydrogens (primary N) is 1. The summed E-state index contributed by atoms with van der Waals surface area (Å²) in [5.41, 5.74) is 5.10. The Balaban J connectivity index is 2.50. The molecule has 1 aromatic rings. The summed E-state index contributed by atoms with van der Waals surface area (Å²) in [6, 6.07) is 3.54. The van der Waals surface area contributed by atoms with Crippen molar-refractivity contribution in [3.8, 4) is 0 Å². The minimum absolute atomic E-state index is 0.179. The summed E-state index contributed by atoms with van der Waals surface area (Å²) in [6.45, 7) is 4.13. The quantitative estimate of drug-likeness (QED) is 0.729. The lowest BCUT2D eigenvalue weighted by Crippen LogP contribution is -2.48. The third kappa shape index (κ3) is 3.99. The Kier molecular flexibility index (Phi) is 3.68. The highest BCUT2D eigenvalue weighted by molar-refractivity contribution is 5.91. The van der Waals surface area contributed by atoms with Gasteiger partial charge in [0.2, 0.25) is 5.91 Å². The van der Waals surface area contributed by atoms with Crippen LogP contribution in [0.5, 0.6) is 0 Å². The second-order valence-electron chi connectivity index (χ2n) is 3.93. The van der Waals surface area contributed by atoms with E-state index in [2.05, 4.69) is 5.32 Å².